The summed E-state index contributed by atoms with van der Waals surface area (Å²) in [6.07, 6.45) is 0. The van der Waals surface area contributed by atoms with Crippen LogP contribution in [0.5, 0.6) is 5.75 Å². The third-order valence-corrected chi connectivity index (χ3v) is 2.11. The maximum Gasteiger partial charge on any atom is 0.131 e. The lowest BCUT2D eigenvalue weighted by molar-refractivity contribution is 0.477. The van der Waals surface area contributed by atoms with E-state index in [4.69, 9.17) is 17.1 Å². The van der Waals surface area contributed by atoms with Gasteiger partial charge in [0.25, 0.3) is 0 Å². The van der Waals surface area contributed by atoms with E-state index < -0.39 is 30.0 Å². The molecule has 1 N–H and O–H groups in total. The minimum Gasteiger partial charge on any atom is -0.507 e. The molecule has 0 amide bonds. The molecule has 0 aliphatic carbocycles. The Bertz CT molecular complexity index is 646. The van der Waals surface area contributed by atoms with Gasteiger partial charge in [0.05, 0.1) is 5.48 Å². The highest BCUT2D eigenvalue weighted by Crippen LogP contribution is 2.32. The van der Waals surface area contributed by atoms with E-state index in [0.717, 1.165) is 0 Å². The van der Waals surface area contributed by atoms with Gasteiger partial charge in [0.1, 0.15) is 11.6 Å². The van der Waals surface area contributed by atoms with Crippen LogP contribution in [0.3, 0.4) is 0 Å². The molecule has 0 aromatic heterocycles. The van der Waals surface area contributed by atoms with E-state index in [9.17, 15) is 9.50 Å². The second kappa shape index (κ2) is 3.91. The fraction of sp³-hybridized carbons (Fsp3) is 0. The van der Waals surface area contributed by atoms with Crippen LogP contribution in [0.1, 0.15) is 5.48 Å². The first-order valence-electron chi connectivity index (χ1n) is 6.09. The van der Waals surface area contributed by atoms with Crippen LogP contribution in [0.4, 0.5) is 4.39 Å². The molecule has 0 atom stereocenters. The molecule has 2 aromatic carbocycles. The van der Waals surface area contributed by atoms with Crippen molar-refractivity contribution in [1.29, 1.82) is 0 Å². The van der Waals surface area contributed by atoms with E-state index in [1.165, 1.54) is 18.2 Å². The van der Waals surface area contributed by atoms with Crippen molar-refractivity contribution in [2.45, 2.75) is 0 Å². The third-order valence-electron chi connectivity index (χ3n) is 1.87. The Morgan fingerprint density at radius 1 is 1.20 bits per heavy atom. The van der Waals surface area contributed by atoms with Crippen molar-refractivity contribution in [2.75, 3.05) is 0 Å². The molecule has 0 aliphatic heterocycles. The topological polar surface area (TPSA) is 20.2 Å². The maximum atomic E-state index is 14.0. The summed E-state index contributed by atoms with van der Waals surface area (Å²) in [7, 11) is 0. The van der Waals surface area contributed by atoms with Gasteiger partial charge in [-0.3, -0.25) is 0 Å². The zero-order valence-electron chi connectivity index (χ0n) is 11.4. The highest BCUT2D eigenvalue weighted by molar-refractivity contribution is 6.30. The number of rotatable bonds is 1. The molecule has 76 valence electrons. The second-order valence-electron chi connectivity index (χ2n) is 2.85. The number of halogens is 2. The summed E-state index contributed by atoms with van der Waals surface area (Å²) >= 11 is 5.67. The molecule has 0 aliphatic rings. The molecular weight excluding hydrogens is 215 g/mol. The zero-order valence-corrected chi connectivity index (χ0v) is 8.19. The van der Waals surface area contributed by atoms with Gasteiger partial charge in [0.2, 0.25) is 0 Å². The Morgan fingerprint density at radius 2 is 1.93 bits per heavy atom. The van der Waals surface area contributed by atoms with E-state index in [1.807, 2.05) is 0 Å². The minimum atomic E-state index is -1.11. The van der Waals surface area contributed by atoms with Gasteiger partial charge in [-0.2, -0.15) is 0 Å². The van der Waals surface area contributed by atoms with Crippen LogP contribution >= 0.6 is 11.6 Å². The van der Waals surface area contributed by atoms with E-state index in [0.29, 0.717) is 0 Å². The lowest BCUT2D eigenvalue weighted by atomic mass is 10.0. The van der Waals surface area contributed by atoms with Crippen LogP contribution in [-0.2, 0) is 0 Å². The molecule has 0 radical (unpaired) electrons. The van der Waals surface area contributed by atoms with Crippen molar-refractivity contribution in [3.05, 3.63) is 53.2 Å². The molecule has 0 fully saturated rings. The van der Waals surface area contributed by atoms with Crippen LogP contribution in [0.25, 0.3) is 11.1 Å². The second-order valence-corrected chi connectivity index (χ2v) is 3.29. The van der Waals surface area contributed by atoms with Gasteiger partial charge >= 0.3 is 0 Å². The van der Waals surface area contributed by atoms with Crippen LogP contribution in [0.15, 0.2) is 42.4 Å². The first kappa shape index (κ1) is 6.13. The minimum absolute atomic E-state index is 0.0334. The molecule has 0 bridgehead atoms. The van der Waals surface area contributed by atoms with Crippen LogP contribution in [-0.4, -0.2) is 5.11 Å². The average Bonchev–Trinajstić information content (AvgIpc) is 2.37. The van der Waals surface area contributed by atoms with Crippen molar-refractivity contribution in [1.82, 2.24) is 0 Å². The van der Waals surface area contributed by atoms with Gasteiger partial charge in [0.15, 0.2) is 0 Å². The monoisotopic (exact) mass is 226 g/mol. The Hall–Kier alpha value is -1.54. The van der Waals surface area contributed by atoms with Gasteiger partial charge < -0.3 is 5.11 Å². The largest absolute Gasteiger partial charge is 0.507 e. The third kappa shape index (κ3) is 1.95. The molecule has 0 spiro atoms. The van der Waals surface area contributed by atoms with Crippen LogP contribution in [0, 0.1) is 5.82 Å². The quantitative estimate of drug-likeness (QED) is 0.783. The van der Waals surface area contributed by atoms with E-state index in [1.54, 1.807) is 0 Å². The van der Waals surface area contributed by atoms with Crippen molar-refractivity contribution in [2.24, 2.45) is 0 Å². The highest BCUT2D eigenvalue weighted by Gasteiger charge is 2.08. The predicted octanol–water partition coefficient (Wildman–Crippen LogP) is 3.85. The summed E-state index contributed by atoms with van der Waals surface area (Å²) in [5.41, 5.74) is -0.408. The molecule has 2 rings (SSSR count). The van der Waals surface area contributed by atoms with Crippen molar-refractivity contribution in [3.8, 4) is 16.9 Å². The van der Waals surface area contributed by atoms with Gasteiger partial charge in [-0.05, 0) is 24.2 Å². The van der Waals surface area contributed by atoms with Gasteiger partial charge in [-0.15, -0.1) is 0 Å². The number of hydrogen-bond acceptors (Lipinski definition) is 1. The van der Waals surface area contributed by atoms with E-state index in [-0.39, 0.29) is 21.9 Å². The number of phenolic OH excluding ortho intramolecular Hbond substituents is 1. The fourth-order valence-electron chi connectivity index (χ4n) is 1.20. The average molecular weight is 227 g/mol. The molecule has 0 saturated heterocycles. The summed E-state index contributed by atoms with van der Waals surface area (Å²) in [5.74, 6) is -1.46. The Labute approximate surface area is 97.4 Å². The molecule has 3 heteroatoms. The molecule has 15 heavy (non-hydrogen) atoms. The van der Waals surface area contributed by atoms with Crippen molar-refractivity contribution < 1.29 is 15.0 Å². The lowest BCUT2D eigenvalue weighted by Gasteiger charge is -2.05. The smallest absolute Gasteiger partial charge is 0.131 e. The van der Waals surface area contributed by atoms with Gasteiger partial charge in [0, 0.05) is 16.1 Å². The van der Waals surface area contributed by atoms with E-state index in [2.05, 4.69) is 0 Å². The Balaban J connectivity index is 2.83. The number of benzene rings is 2. The zero-order chi connectivity index (χ0) is 14.3. The fourth-order valence-corrected chi connectivity index (χ4v) is 1.37. The summed E-state index contributed by atoms with van der Waals surface area (Å²) < 4.78 is 44.0. The SMILES string of the molecule is [2H]c1c([2H])c([2H])c(-c2ccc(Cl)cc2O)c(F)c1[2H]. The van der Waals surface area contributed by atoms with Crippen LogP contribution < -0.4 is 0 Å². The predicted molar refractivity (Wildman–Crippen MR) is 58.5 cm³/mol. The molecule has 0 unspecified atom stereocenters. The molecule has 1 nitrogen and oxygen atoms in total. The highest BCUT2D eigenvalue weighted by atomic mass is 35.5. The molecule has 0 heterocycles. The molecular formula is C12H8ClFO. The van der Waals surface area contributed by atoms with Gasteiger partial charge in [-0.25, -0.2) is 4.39 Å². The van der Waals surface area contributed by atoms with Crippen LogP contribution in [0.2, 0.25) is 5.02 Å². The van der Waals surface area contributed by atoms with Crippen molar-refractivity contribution in [3.63, 3.8) is 0 Å². The number of aromatic hydroxyl groups is 1. The van der Waals surface area contributed by atoms with Crippen molar-refractivity contribution >= 4 is 11.6 Å². The number of hydrogen-bond donors (Lipinski definition) is 1. The summed E-state index contributed by atoms with van der Waals surface area (Å²) in [5, 5.41) is 9.98. The van der Waals surface area contributed by atoms with Gasteiger partial charge in [-0.1, -0.05) is 29.7 Å². The summed E-state index contributed by atoms with van der Waals surface area (Å²) in [6, 6.07) is 1.35. The normalized spacial score (nSPS) is 14.0. The maximum absolute atomic E-state index is 14.0. The first-order chi connectivity index (χ1) is 8.84. The Kier molecular flexibility index (Phi) is 1.60. The van der Waals surface area contributed by atoms with E-state index >= 15 is 0 Å². The number of phenols is 1. The standard InChI is InChI=1S/C12H8ClFO/c13-8-5-6-10(12(15)7-8)9-3-1-2-4-11(9)14/h1-7,15H/i1D,2D,3D,4D. The molecule has 0 saturated carbocycles. The Morgan fingerprint density at radius 3 is 2.67 bits per heavy atom. The summed E-state index contributed by atoms with van der Waals surface area (Å²) in [6.45, 7) is 0. The summed E-state index contributed by atoms with van der Waals surface area (Å²) in [4.78, 5) is 0. The lowest BCUT2D eigenvalue weighted by Crippen LogP contribution is -1.84. The first-order valence-corrected chi connectivity index (χ1v) is 4.47. The molecule has 2 aromatic rings.